The van der Waals surface area contributed by atoms with Crippen molar-refractivity contribution < 1.29 is 4.79 Å². The number of carbonyl (C=O) groups is 1. The molecule has 0 unspecified atom stereocenters. The highest BCUT2D eigenvalue weighted by Crippen LogP contribution is 1.91. The largest absolute Gasteiger partial charge is 0.354 e. The highest BCUT2D eigenvalue weighted by Gasteiger charge is 2.00. The number of rotatable bonds is 5. The number of azide groups is 1. The first-order valence-electron chi connectivity index (χ1n) is 3.97. The van der Waals surface area contributed by atoms with E-state index in [0.717, 1.165) is 0 Å². The molecule has 0 aliphatic heterocycles. The summed E-state index contributed by atoms with van der Waals surface area (Å²) in [5.74, 6) is 0.0122. The normalized spacial score (nSPS) is 9.25. The van der Waals surface area contributed by atoms with Crippen molar-refractivity contribution in [3.8, 4) is 0 Å². The maximum absolute atomic E-state index is 11.0. The smallest absolute Gasteiger partial charge is 0.220 e. The molecule has 5 nitrogen and oxygen atoms in total. The fraction of sp³-hybridized carbons (Fsp3) is 0.857. The molecule has 0 saturated carbocycles. The minimum absolute atomic E-state index is 0.0122. The van der Waals surface area contributed by atoms with Gasteiger partial charge in [0.15, 0.2) is 0 Å². The van der Waals surface area contributed by atoms with E-state index < -0.39 is 0 Å². The highest BCUT2D eigenvalue weighted by molar-refractivity contribution is 5.76. The van der Waals surface area contributed by atoms with Gasteiger partial charge in [-0.05, 0) is 25.8 Å². The molecule has 0 heterocycles. The van der Waals surface area contributed by atoms with Crippen molar-refractivity contribution in [1.29, 1.82) is 0 Å². The van der Waals surface area contributed by atoms with Crippen LogP contribution >= 0.6 is 0 Å². The van der Waals surface area contributed by atoms with Gasteiger partial charge in [-0.3, -0.25) is 4.79 Å². The van der Waals surface area contributed by atoms with Crippen LogP contribution in [0.2, 0.25) is 0 Å². The van der Waals surface area contributed by atoms with Crippen LogP contribution in [0.4, 0.5) is 0 Å². The van der Waals surface area contributed by atoms with Crippen molar-refractivity contribution in [2.24, 2.45) is 5.11 Å². The van der Waals surface area contributed by atoms with Crippen LogP contribution in [0.25, 0.3) is 10.4 Å². The molecule has 0 fully saturated rings. The molecule has 0 rings (SSSR count). The fourth-order valence-electron chi connectivity index (χ4n) is 0.749. The van der Waals surface area contributed by atoms with Gasteiger partial charge in [0.25, 0.3) is 0 Å². The van der Waals surface area contributed by atoms with Crippen LogP contribution in [0.5, 0.6) is 0 Å². The maximum atomic E-state index is 11.0. The molecular formula is C7H14N4O. The fourth-order valence-corrected chi connectivity index (χ4v) is 0.749. The van der Waals surface area contributed by atoms with Gasteiger partial charge in [0, 0.05) is 23.9 Å². The van der Waals surface area contributed by atoms with Crippen molar-refractivity contribution >= 4 is 5.91 Å². The Labute approximate surface area is 71.8 Å². The van der Waals surface area contributed by atoms with Crippen LogP contribution in [0.3, 0.4) is 0 Å². The topological polar surface area (TPSA) is 77.9 Å². The van der Waals surface area contributed by atoms with Gasteiger partial charge in [0.1, 0.15) is 0 Å². The van der Waals surface area contributed by atoms with Crippen LogP contribution in [0, 0.1) is 0 Å². The molecular weight excluding hydrogens is 156 g/mol. The van der Waals surface area contributed by atoms with Gasteiger partial charge in [-0.15, -0.1) is 0 Å². The van der Waals surface area contributed by atoms with E-state index in [1.807, 2.05) is 13.8 Å². The summed E-state index contributed by atoms with van der Waals surface area (Å²) in [6.07, 6.45) is 1.04. The summed E-state index contributed by atoms with van der Waals surface area (Å²) < 4.78 is 0. The van der Waals surface area contributed by atoms with E-state index in [2.05, 4.69) is 15.3 Å². The molecule has 0 aliphatic carbocycles. The third-order valence-electron chi connectivity index (χ3n) is 1.17. The lowest BCUT2D eigenvalue weighted by Crippen LogP contribution is -2.29. The molecule has 1 amide bonds. The molecule has 0 atom stereocenters. The lowest BCUT2D eigenvalue weighted by molar-refractivity contribution is -0.121. The molecule has 0 aromatic rings. The van der Waals surface area contributed by atoms with E-state index in [1.54, 1.807) is 0 Å². The Kier molecular flexibility index (Phi) is 5.83. The van der Waals surface area contributed by atoms with Gasteiger partial charge in [-0.25, -0.2) is 0 Å². The number of carbonyl (C=O) groups excluding carboxylic acids is 1. The first-order valence-corrected chi connectivity index (χ1v) is 3.97. The number of hydrogen-bond acceptors (Lipinski definition) is 2. The van der Waals surface area contributed by atoms with Gasteiger partial charge < -0.3 is 5.32 Å². The van der Waals surface area contributed by atoms with E-state index in [9.17, 15) is 4.79 Å². The summed E-state index contributed by atoms with van der Waals surface area (Å²) in [4.78, 5) is 13.6. The van der Waals surface area contributed by atoms with Gasteiger partial charge >= 0.3 is 0 Å². The van der Waals surface area contributed by atoms with Crippen molar-refractivity contribution in [2.75, 3.05) is 6.54 Å². The second kappa shape index (κ2) is 6.49. The number of nitrogens with one attached hydrogen (secondary N) is 1. The summed E-state index contributed by atoms with van der Waals surface area (Å²) in [6.45, 7) is 4.21. The molecule has 5 heteroatoms. The Morgan fingerprint density at radius 3 is 2.83 bits per heavy atom. The third kappa shape index (κ3) is 6.89. The molecule has 68 valence electrons. The Morgan fingerprint density at radius 1 is 1.67 bits per heavy atom. The first-order chi connectivity index (χ1) is 5.66. The minimum atomic E-state index is 0.0122. The van der Waals surface area contributed by atoms with Crippen LogP contribution in [-0.4, -0.2) is 18.5 Å². The quantitative estimate of drug-likeness (QED) is 0.289. The Balaban J connectivity index is 3.37. The maximum Gasteiger partial charge on any atom is 0.220 e. The van der Waals surface area contributed by atoms with Crippen molar-refractivity contribution in [3.05, 3.63) is 10.4 Å². The zero-order valence-corrected chi connectivity index (χ0v) is 7.45. The predicted octanol–water partition coefficient (Wildman–Crippen LogP) is 1.60. The standard InChI is InChI=1S/C7H14N4O/c1-6(2)10-7(12)4-3-5-9-11-8/h6H,3-5H2,1-2H3,(H,10,12). The first kappa shape index (κ1) is 10.8. The highest BCUT2D eigenvalue weighted by atomic mass is 16.1. The number of hydrogen-bond donors (Lipinski definition) is 1. The zero-order chi connectivity index (χ0) is 9.40. The van der Waals surface area contributed by atoms with E-state index in [1.165, 1.54) is 0 Å². The van der Waals surface area contributed by atoms with E-state index in [-0.39, 0.29) is 11.9 Å². The molecule has 0 aliphatic rings. The summed E-state index contributed by atoms with van der Waals surface area (Å²) in [6, 6.07) is 0.178. The Hall–Kier alpha value is -1.22. The molecule has 0 aromatic carbocycles. The number of amides is 1. The van der Waals surface area contributed by atoms with Gasteiger partial charge in [0.05, 0.1) is 0 Å². The lowest BCUT2D eigenvalue weighted by Gasteiger charge is -2.06. The average molecular weight is 170 g/mol. The van der Waals surface area contributed by atoms with Crippen molar-refractivity contribution in [3.63, 3.8) is 0 Å². The summed E-state index contributed by atoms with van der Waals surface area (Å²) in [5.41, 5.74) is 7.93. The molecule has 0 saturated heterocycles. The monoisotopic (exact) mass is 170 g/mol. The SMILES string of the molecule is CC(C)NC(=O)CCCN=[N+]=[N-]. The van der Waals surface area contributed by atoms with Gasteiger partial charge in [-0.2, -0.15) is 0 Å². The second-order valence-electron chi connectivity index (χ2n) is 2.78. The summed E-state index contributed by atoms with van der Waals surface area (Å²) >= 11 is 0. The Bertz CT molecular complexity index is 184. The van der Waals surface area contributed by atoms with Crippen LogP contribution in [-0.2, 0) is 4.79 Å². The molecule has 12 heavy (non-hydrogen) atoms. The van der Waals surface area contributed by atoms with E-state index in [0.29, 0.717) is 19.4 Å². The van der Waals surface area contributed by atoms with Crippen LogP contribution in [0.15, 0.2) is 5.11 Å². The van der Waals surface area contributed by atoms with Crippen LogP contribution < -0.4 is 5.32 Å². The molecule has 1 N–H and O–H groups in total. The minimum Gasteiger partial charge on any atom is -0.354 e. The van der Waals surface area contributed by atoms with E-state index in [4.69, 9.17) is 5.53 Å². The van der Waals surface area contributed by atoms with Gasteiger partial charge in [-0.1, -0.05) is 5.11 Å². The molecule has 0 aromatic heterocycles. The summed E-state index contributed by atoms with van der Waals surface area (Å²) in [5, 5.41) is 6.07. The number of nitrogens with zero attached hydrogens (tertiary/aromatic N) is 3. The van der Waals surface area contributed by atoms with E-state index >= 15 is 0 Å². The van der Waals surface area contributed by atoms with Gasteiger partial charge in [0.2, 0.25) is 5.91 Å². The predicted molar refractivity (Wildman–Crippen MR) is 46.5 cm³/mol. The lowest BCUT2D eigenvalue weighted by atomic mass is 10.3. The molecule has 0 spiro atoms. The zero-order valence-electron chi connectivity index (χ0n) is 7.45. The van der Waals surface area contributed by atoms with Crippen LogP contribution in [0.1, 0.15) is 26.7 Å². The average Bonchev–Trinajstić information content (AvgIpc) is 1.97. The second-order valence-corrected chi connectivity index (χ2v) is 2.78. The third-order valence-corrected chi connectivity index (χ3v) is 1.17. The summed E-state index contributed by atoms with van der Waals surface area (Å²) in [7, 11) is 0. The molecule has 0 radical (unpaired) electrons. The Morgan fingerprint density at radius 2 is 2.33 bits per heavy atom. The van der Waals surface area contributed by atoms with Crippen molar-refractivity contribution in [1.82, 2.24) is 5.32 Å². The van der Waals surface area contributed by atoms with Crippen molar-refractivity contribution in [2.45, 2.75) is 32.7 Å². The molecule has 0 bridgehead atoms.